The molecule has 0 bridgehead atoms. The quantitative estimate of drug-likeness (QED) is 0.317. The minimum Gasteiger partial charge on any atom is -0.309 e. The van der Waals surface area contributed by atoms with E-state index in [1.807, 2.05) is 25.1 Å². The smallest absolute Gasteiger partial charge is 0.267 e. The predicted octanol–water partition coefficient (Wildman–Crippen LogP) is 4.27. The third-order valence-corrected chi connectivity index (χ3v) is 6.12. The van der Waals surface area contributed by atoms with E-state index in [0.29, 0.717) is 49.4 Å². The molecule has 7 nitrogen and oxygen atoms in total. The van der Waals surface area contributed by atoms with Gasteiger partial charge in [-0.25, -0.2) is 19.5 Å². The molecule has 0 amide bonds. The van der Waals surface area contributed by atoms with E-state index in [2.05, 4.69) is 15.0 Å². The molecule has 3 aromatic heterocycles. The van der Waals surface area contributed by atoms with E-state index in [-0.39, 0.29) is 11.1 Å². The van der Waals surface area contributed by atoms with Gasteiger partial charge in [-0.2, -0.15) is 0 Å². The number of H-pyrrole nitrogens is 1. The predicted molar refractivity (Wildman–Crippen MR) is 127 cm³/mol. The van der Waals surface area contributed by atoms with Gasteiger partial charge in [0.25, 0.3) is 11.1 Å². The van der Waals surface area contributed by atoms with E-state index < -0.39 is 0 Å². The van der Waals surface area contributed by atoms with Crippen LogP contribution in [0.15, 0.2) is 75.5 Å². The molecular formula is C23H16ClN5O2S. The summed E-state index contributed by atoms with van der Waals surface area (Å²) in [5.74, 6) is 1.25. The van der Waals surface area contributed by atoms with Gasteiger partial charge < -0.3 is 4.98 Å². The summed E-state index contributed by atoms with van der Waals surface area (Å²) >= 11 is 7.36. The maximum absolute atomic E-state index is 13.3. The molecule has 0 spiro atoms. The van der Waals surface area contributed by atoms with Crippen LogP contribution in [-0.2, 0) is 5.75 Å². The molecule has 1 N–H and O–H groups in total. The van der Waals surface area contributed by atoms with Gasteiger partial charge in [0.15, 0.2) is 5.16 Å². The van der Waals surface area contributed by atoms with Gasteiger partial charge in [-0.1, -0.05) is 35.5 Å². The number of benzene rings is 2. The highest BCUT2D eigenvalue weighted by Gasteiger charge is 2.15. The van der Waals surface area contributed by atoms with Crippen LogP contribution in [0.3, 0.4) is 0 Å². The van der Waals surface area contributed by atoms with Crippen LogP contribution in [0, 0.1) is 6.92 Å². The van der Waals surface area contributed by atoms with Crippen molar-refractivity contribution in [3.05, 3.63) is 97.9 Å². The maximum Gasteiger partial charge on any atom is 0.267 e. The second kappa shape index (κ2) is 8.22. The molecule has 3 heterocycles. The van der Waals surface area contributed by atoms with E-state index in [1.165, 1.54) is 16.3 Å². The van der Waals surface area contributed by atoms with Gasteiger partial charge in [-0.3, -0.25) is 9.59 Å². The Morgan fingerprint density at radius 2 is 1.84 bits per heavy atom. The van der Waals surface area contributed by atoms with Gasteiger partial charge in [0, 0.05) is 11.2 Å². The summed E-state index contributed by atoms with van der Waals surface area (Å²) < 4.78 is 1.50. The minimum atomic E-state index is -0.244. The number of hydrogen-bond donors (Lipinski definition) is 1. The van der Waals surface area contributed by atoms with Gasteiger partial charge in [0.1, 0.15) is 11.6 Å². The second-order valence-corrected chi connectivity index (χ2v) is 8.59. The van der Waals surface area contributed by atoms with Gasteiger partial charge >= 0.3 is 0 Å². The van der Waals surface area contributed by atoms with Crippen molar-refractivity contribution in [1.29, 1.82) is 0 Å². The van der Waals surface area contributed by atoms with Crippen molar-refractivity contribution in [3.63, 3.8) is 0 Å². The van der Waals surface area contributed by atoms with E-state index in [4.69, 9.17) is 16.6 Å². The first kappa shape index (κ1) is 20.4. The molecule has 0 atom stereocenters. The Labute approximate surface area is 191 Å². The molecule has 5 rings (SSSR count). The molecule has 2 aromatic carbocycles. The molecule has 0 saturated carbocycles. The Morgan fingerprint density at radius 1 is 1.00 bits per heavy atom. The van der Waals surface area contributed by atoms with Crippen LogP contribution in [0.25, 0.3) is 27.6 Å². The Kier molecular flexibility index (Phi) is 5.24. The third-order valence-electron chi connectivity index (χ3n) is 4.93. The van der Waals surface area contributed by atoms with Crippen LogP contribution in [0.5, 0.6) is 0 Å². The number of fused-ring (bicyclic) bond motifs is 2. The van der Waals surface area contributed by atoms with Crippen molar-refractivity contribution in [2.75, 3.05) is 0 Å². The summed E-state index contributed by atoms with van der Waals surface area (Å²) in [5, 5.41) is 1.94. The molecule has 32 heavy (non-hydrogen) atoms. The van der Waals surface area contributed by atoms with Crippen LogP contribution in [0.2, 0.25) is 5.02 Å². The topological polar surface area (TPSA) is 93.5 Å². The second-order valence-electron chi connectivity index (χ2n) is 7.21. The number of halogens is 1. The summed E-state index contributed by atoms with van der Waals surface area (Å²) in [5.41, 5.74) is 1.63. The number of aromatic nitrogens is 5. The Hall–Kier alpha value is -3.49. The largest absolute Gasteiger partial charge is 0.309 e. The minimum absolute atomic E-state index is 0.206. The lowest BCUT2D eigenvalue weighted by atomic mass is 10.2. The van der Waals surface area contributed by atoms with Crippen LogP contribution in [0.4, 0.5) is 0 Å². The Bertz CT molecular complexity index is 1610. The monoisotopic (exact) mass is 461 g/mol. The summed E-state index contributed by atoms with van der Waals surface area (Å²) in [4.78, 5) is 42.2. The number of hydrogen-bond acceptors (Lipinski definition) is 6. The number of para-hydroxylation sites is 1. The average molecular weight is 462 g/mol. The van der Waals surface area contributed by atoms with Crippen molar-refractivity contribution in [1.82, 2.24) is 24.5 Å². The number of aryl methyl sites for hydroxylation is 1. The average Bonchev–Trinajstić information content (AvgIpc) is 2.77. The van der Waals surface area contributed by atoms with E-state index in [0.717, 1.165) is 5.56 Å². The van der Waals surface area contributed by atoms with E-state index >= 15 is 0 Å². The first-order valence-electron chi connectivity index (χ1n) is 9.76. The fraction of sp³-hybridized carbons (Fsp3) is 0.0870. The molecule has 0 radical (unpaired) electrons. The van der Waals surface area contributed by atoms with Crippen molar-refractivity contribution in [2.24, 2.45) is 0 Å². The molecule has 5 aromatic rings. The number of rotatable bonds is 4. The SMILES string of the molecule is Cc1ccnc(-n2c(SCc3nc4cc(Cl)ccc4c(=O)[nH]3)nc3ccccc3c2=O)c1. The number of nitrogens with zero attached hydrogens (tertiary/aromatic N) is 4. The maximum atomic E-state index is 13.3. The van der Waals surface area contributed by atoms with Crippen LogP contribution < -0.4 is 11.1 Å². The molecule has 0 fully saturated rings. The fourth-order valence-electron chi connectivity index (χ4n) is 3.42. The first-order chi connectivity index (χ1) is 15.5. The molecule has 0 saturated heterocycles. The van der Waals surface area contributed by atoms with Crippen molar-refractivity contribution >= 4 is 45.2 Å². The molecule has 0 aliphatic rings. The normalized spacial score (nSPS) is 11.3. The lowest BCUT2D eigenvalue weighted by Crippen LogP contribution is -2.23. The molecule has 0 unspecified atom stereocenters. The molecule has 9 heteroatoms. The van der Waals surface area contributed by atoms with Crippen LogP contribution in [-0.4, -0.2) is 24.5 Å². The van der Waals surface area contributed by atoms with Gasteiger partial charge in [0.2, 0.25) is 0 Å². The Balaban J connectivity index is 1.61. The summed E-state index contributed by atoms with van der Waals surface area (Å²) in [6, 6.07) is 15.8. The lowest BCUT2D eigenvalue weighted by Gasteiger charge is -2.13. The fourth-order valence-corrected chi connectivity index (χ4v) is 4.45. The summed E-state index contributed by atoms with van der Waals surface area (Å²) in [6.45, 7) is 1.94. The molecule has 0 aliphatic heterocycles. The molecular weight excluding hydrogens is 446 g/mol. The summed E-state index contributed by atoms with van der Waals surface area (Å²) in [6.07, 6.45) is 1.66. The number of thioether (sulfide) groups is 1. The zero-order valence-corrected chi connectivity index (χ0v) is 18.4. The van der Waals surface area contributed by atoms with Crippen molar-refractivity contribution < 1.29 is 0 Å². The summed E-state index contributed by atoms with van der Waals surface area (Å²) in [7, 11) is 0. The number of aromatic amines is 1. The first-order valence-corrected chi connectivity index (χ1v) is 11.1. The van der Waals surface area contributed by atoms with E-state index in [1.54, 1.807) is 42.6 Å². The van der Waals surface area contributed by atoms with Crippen LogP contribution in [0.1, 0.15) is 11.4 Å². The highest BCUT2D eigenvalue weighted by molar-refractivity contribution is 7.98. The highest BCUT2D eigenvalue weighted by atomic mass is 35.5. The van der Waals surface area contributed by atoms with E-state index in [9.17, 15) is 9.59 Å². The molecule has 158 valence electrons. The zero-order chi connectivity index (χ0) is 22.2. The zero-order valence-electron chi connectivity index (χ0n) is 16.9. The standard InChI is InChI=1S/C23H16ClN5O2S/c1-13-8-9-25-20(10-13)29-22(31)16-4-2-3-5-17(16)27-23(29)32-12-19-26-18-11-14(24)6-7-15(18)21(30)28-19/h2-11H,12H2,1H3,(H,26,28,30). The highest BCUT2D eigenvalue weighted by Crippen LogP contribution is 2.24. The Morgan fingerprint density at radius 3 is 2.69 bits per heavy atom. The van der Waals surface area contributed by atoms with Gasteiger partial charge in [-0.05, 0) is 55.0 Å². The van der Waals surface area contributed by atoms with Gasteiger partial charge in [0.05, 0.1) is 27.6 Å². The van der Waals surface area contributed by atoms with Crippen molar-refractivity contribution in [3.8, 4) is 5.82 Å². The number of pyridine rings is 1. The lowest BCUT2D eigenvalue weighted by molar-refractivity contribution is 0.793. The third kappa shape index (κ3) is 3.79. The van der Waals surface area contributed by atoms with Crippen molar-refractivity contribution in [2.45, 2.75) is 17.8 Å². The molecule has 0 aliphatic carbocycles. The van der Waals surface area contributed by atoms with Crippen LogP contribution >= 0.6 is 23.4 Å². The van der Waals surface area contributed by atoms with Gasteiger partial charge in [-0.15, -0.1) is 0 Å². The number of nitrogens with one attached hydrogen (secondary N) is 1.